The third-order valence-electron chi connectivity index (χ3n) is 2.12. The number of hydrogen-bond donors (Lipinski definition) is 1. The Hall–Kier alpha value is -1.50. The van der Waals surface area contributed by atoms with Gasteiger partial charge in [0.05, 0.1) is 11.4 Å². The van der Waals surface area contributed by atoms with Crippen LogP contribution in [0.15, 0.2) is 34.9 Å². The van der Waals surface area contributed by atoms with Crippen molar-refractivity contribution in [3.8, 4) is 5.69 Å². The number of nitrogen functional groups attached to an aromatic ring is 1. The maximum atomic E-state index is 12.4. The van der Waals surface area contributed by atoms with Crippen molar-refractivity contribution in [2.24, 2.45) is 0 Å². The van der Waals surface area contributed by atoms with Crippen LogP contribution < -0.4 is 5.73 Å². The number of anilines is 1. The van der Waals surface area contributed by atoms with Crippen molar-refractivity contribution < 1.29 is 13.2 Å². The highest BCUT2D eigenvalue weighted by Crippen LogP contribution is 2.29. The van der Waals surface area contributed by atoms with Crippen molar-refractivity contribution in [2.45, 2.75) is 6.18 Å². The molecular weight excluding hydrogens is 299 g/mol. The molecule has 0 fully saturated rings. The highest BCUT2D eigenvalue weighted by atomic mass is 79.9. The molecule has 0 saturated carbocycles. The van der Waals surface area contributed by atoms with Crippen LogP contribution in [0.25, 0.3) is 5.69 Å². The van der Waals surface area contributed by atoms with Gasteiger partial charge in [0.1, 0.15) is 0 Å². The lowest BCUT2D eigenvalue weighted by atomic mass is 10.3. The molecule has 3 nitrogen and oxygen atoms in total. The van der Waals surface area contributed by atoms with Crippen LogP contribution >= 0.6 is 15.9 Å². The van der Waals surface area contributed by atoms with Gasteiger partial charge < -0.3 is 5.73 Å². The molecule has 0 aliphatic heterocycles. The Morgan fingerprint density at radius 3 is 2.53 bits per heavy atom. The average Bonchev–Trinajstić information content (AvgIpc) is 2.70. The summed E-state index contributed by atoms with van der Waals surface area (Å²) in [6.45, 7) is 0. The van der Waals surface area contributed by atoms with Gasteiger partial charge in [0.25, 0.3) is 0 Å². The second-order valence-electron chi connectivity index (χ2n) is 3.35. The van der Waals surface area contributed by atoms with Crippen molar-refractivity contribution >= 4 is 21.6 Å². The summed E-state index contributed by atoms with van der Waals surface area (Å²) in [5.41, 5.74) is 5.48. The fourth-order valence-electron chi connectivity index (χ4n) is 1.32. The summed E-state index contributed by atoms with van der Waals surface area (Å²) in [5.74, 6) is 0. The molecule has 7 heteroatoms. The number of benzene rings is 1. The van der Waals surface area contributed by atoms with Crippen molar-refractivity contribution in [3.63, 3.8) is 0 Å². The summed E-state index contributed by atoms with van der Waals surface area (Å²) < 4.78 is 39.0. The monoisotopic (exact) mass is 305 g/mol. The molecule has 0 radical (unpaired) electrons. The van der Waals surface area contributed by atoms with Crippen LogP contribution in [0.3, 0.4) is 0 Å². The fourth-order valence-corrected chi connectivity index (χ4v) is 1.67. The van der Waals surface area contributed by atoms with E-state index in [-0.39, 0.29) is 0 Å². The lowest BCUT2D eigenvalue weighted by molar-refractivity contribution is -0.141. The molecule has 0 aliphatic carbocycles. The minimum absolute atomic E-state index is 0.352. The SMILES string of the molecule is Nc1ccc(Br)cc1-n1ccc(C(F)(F)F)n1. The van der Waals surface area contributed by atoms with E-state index in [0.29, 0.717) is 15.8 Å². The Labute approximate surface area is 103 Å². The molecule has 17 heavy (non-hydrogen) atoms. The summed E-state index contributed by atoms with van der Waals surface area (Å²) in [7, 11) is 0. The van der Waals surface area contributed by atoms with E-state index in [2.05, 4.69) is 21.0 Å². The zero-order valence-electron chi connectivity index (χ0n) is 8.37. The Bertz CT molecular complexity index is 548. The molecule has 0 spiro atoms. The van der Waals surface area contributed by atoms with Crippen molar-refractivity contribution in [2.75, 3.05) is 5.73 Å². The Kier molecular flexibility index (Phi) is 2.86. The number of rotatable bonds is 1. The number of aromatic nitrogens is 2. The van der Waals surface area contributed by atoms with Gasteiger partial charge in [0, 0.05) is 10.7 Å². The predicted molar refractivity (Wildman–Crippen MR) is 60.7 cm³/mol. The molecule has 2 aromatic rings. The van der Waals surface area contributed by atoms with E-state index >= 15 is 0 Å². The average molecular weight is 306 g/mol. The smallest absolute Gasteiger partial charge is 0.397 e. The summed E-state index contributed by atoms with van der Waals surface area (Å²) in [6.07, 6.45) is -3.23. The van der Waals surface area contributed by atoms with Crippen LogP contribution in [-0.2, 0) is 6.18 Å². The molecule has 0 saturated heterocycles. The first kappa shape index (κ1) is 12.0. The largest absolute Gasteiger partial charge is 0.435 e. The minimum atomic E-state index is -4.45. The molecular formula is C10H7BrF3N3. The van der Waals surface area contributed by atoms with Gasteiger partial charge >= 0.3 is 6.18 Å². The normalized spacial score (nSPS) is 11.8. The molecule has 1 aromatic heterocycles. The maximum absolute atomic E-state index is 12.4. The zero-order valence-corrected chi connectivity index (χ0v) is 9.96. The fraction of sp³-hybridized carbons (Fsp3) is 0.100. The van der Waals surface area contributed by atoms with Crippen LogP contribution in [0.2, 0.25) is 0 Å². The Morgan fingerprint density at radius 1 is 1.24 bits per heavy atom. The van der Waals surface area contributed by atoms with Crippen molar-refractivity contribution in [3.05, 3.63) is 40.6 Å². The molecule has 2 rings (SSSR count). The highest BCUT2D eigenvalue weighted by Gasteiger charge is 2.33. The van der Waals surface area contributed by atoms with E-state index < -0.39 is 11.9 Å². The maximum Gasteiger partial charge on any atom is 0.435 e. The summed E-state index contributed by atoms with van der Waals surface area (Å²) in [4.78, 5) is 0. The van der Waals surface area contributed by atoms with Crippen LogP contribution in [0, 0.1) is 0 Å². The Morgan fingerprint density at radius 2 is 1.94 bits per heavy atom. The highest BCUT2D eigenvalue weighted by molar-refractivity contribution is 9.10. The zero-order chi connectivity index (χ0) is 12.6. The third kappa shape index (κ3) is 2.44. The van der Waals surface area contributed by atoms with Gasteiger partial charge in [-0.2, -0.15) is 18.3 Å². The number of alkyl halides is 3. The van der Waals surface area contributed by atoms with E-state index in [9.17, 15) is 13.2 Å². The van der Waals surface area contributed by atoms with Crippen LogP contribution in [-0.4, -0.2) is 9.78 Å². The molecule has 0 bridgehead atoms. The molecule has 1 heterocycles. The number of halogens is 4. The second kappa shape index (κ2) is 4.06. The minimum Gasteiger partial charge on any atom is -0.397 e. The Balaban J connectivity index is 2.47. The van der Waals surface area contributed by atoms with Crippen LogP contribution in [0.4, 0.5) is 18.9 Å². The predicted octanol–water partition coefficient (Wildman–Crippen LogP) is 3.24. The topological polar surface area (TPSA) is 43.8 Å². The van der Waals surface area contributed by atoms with Gasteiger partial charge in [-0.05, 0) is 24.3 Å². The number of nitrogens with zero attached hydrogens (tertiary/aromatic N) is 2. The molecule has 0 aliphatic rings. The second-order valence-corrected chi connectivity index (χ2v) is 4.26. The van der Waals surface area contributed by atoms with E-state index in [1.54, 1.807) is 18.2 Å². The molecule has 0 unspecified atom stereocenters. The van der Waals surface area contributed by atoms with Gasteiger partial charge in [0.2, 0.25) is 0 Å². The van der Waals surface area contributed by atoms with E-state index in [4.69, 9.17) is 5.73 Å². The van der Waals surface area contributed by atoms with Gasteiger partial charge in [-0.1, -0.05) is 15.9 Å². The van der Waals surface area contributed by atoms with Crippen molar-refractivity contribution in [1.82, 2.24) is 9.78 Å². The van der Waals surface area contributed by atoms with Gasteiger partial charge in [-0.15, -0.1) is 0 Å². The lowest BCUT2D eigenvalue weighted by Crippen LogP contribution is -2.08. The summed E-state index contributed by atoms with van der Waals surface area (Å²) in [6, 6.07) is 5.80. The van der Waals surface area contributed by atoms with Gasteiger partial charge in [-0.3, -0.25) is 0 Å². The van der Waals surface area contributed by atoms with E-state index in [0.717, 1.165) is 10.7 Å². The molecule has 0 atom stereocenters. The first-order chi connectivity index (χ1) is 7.88. The molecule has 90 valence electrons. The van der Waals surface area contributed by atoms with E-state index in [1.165, 1.54) is 6.20 Å². The van der Waals surface area contributed by atoms with Crippen molar-refractivity contribution in [1.29, 1.82) is 0 Å². The molecule has 2 N–H and O–H groups in total. The summed E-state index contributed by atoms with van der Waals surface area (Å²) in [5, 5.41) is 3.44. The lowest BCUT2D eigenvalue weighted by Gasteiger charge is -2.06. The number of nitrogens with two attached hydrogens (primary N) is 1. The van der Waals surface area contributed by atoms with Crippen LogP contribution in [0.1, 0.15) is 5.69 Å². The molecule has 1 aromatic carbocycles. The van der Waals surface area contributed by atoms with Crippen LogP contribution in [0.5, 0.6) is 0 Å². The molecule has 0 amide bonds. The van der Waals surface area contributed by atoms with E-state index in [1.807, 2.05) is 0 Å². The third-order valence-corrected chi connectivity index (χ3v) is 2.61. The first-order valence-corrected chi connectivity index (χ1v) is 5.35. The van der Waals surface area contributed by atoms with Gasteiger partial charge in [-0.25, -0.2) is 4.68 Å². The first-order valence-electron chi connectivity index (χ1n) is 4.56. The van der Waals surface area contributed by atoms with Gasteiger partial charge in [0.15, 0.2) is 5.69 Å². The standard InChI is InChI=1S/C10H7BrF3N3/c11-6-1-2-7(15)8(5-6)17-4-3-9(16-17)10(12,13)14/h1-5H,15H2. The number of hydrogen-bond acceptors (Lipinski definition) is 2. The quantitative estimate of drug-likeness (QED) is 0.822. The summed E-state index contributed by atoms with van der Waals surface area (Å²) >= 11 is 3.22.